The van der Waals surface area contributed by atoms with Gasteiger partial charge in [0.05, 0.1) is 6.04 Å². The molecule has 3 nitrogen and oxygen atoms in total. The highest BCUT2D eigenvalue weighted by Gasteiger charge is 2.19. The average molecular weight is 338 g/mol. The molecule has 0 bridgehead atoms. The second-order valence-electron chi connectivity index (χ2n) is 6.19. The third-order valence-corrected chi connectivity index (χ3v) is 5.32. The molecule has 0 aliphatic rings. The van der Waals surface area contributed by atoms with Crippen molar-refractivity contribution in [1.82, 2.24) is 10.2 Å². The van der Waals surface area contributed by atoms with Crippen molar-refractivity contribution in [3.05, 3.63) is 70.6 Å². The molecule has 0 aliphatic carbocycles. The van der Waals surface area contributed by atoms with Gasteiger partial charge in [-0.05, 0) is 55.0 Å². The smallest absolute Gasteiger partial charge is 0.251 e. The molecule has 0 fully saturated rings. The van der Waals surface area contributed by atoms with Gasteiger partial charge in [0.25, 0.3) is 5.91 Å². The summed E-state index contributed by atoms with van der Waals surface area (Å²) in [6.45, 7) is 2.55. The molecule has 0 aliphatic heterocycles. The van der Waals surface area contributed by atoms with E-state index in [1.165, 1.54) is 15.6 Å². The van der Waals surface area contributed by atoms with Crippen LogP contribution in [0.3, 0.4) is 0 Å². The molecular formula is C20H22N2OS. The van der Waals surface area contributed by atoms with Gasteiger partial charge in [-0.25, -0.2) is 0 Å². The quantitative estimate of drug-likeness (QED) is 0.754. The largest absolute Gasteiger partial charge is 0.350 e. The normalized spacial score (nSPS) is 12.5. The summed E-state index contributed by atoms with van der Waals surface area (Å²) in [6.07, 6.45) is 0. The first kappa shape index (κ1) is 16.7. The van der Waals surface area contributed by atoms with Crippen LogP contribution < -0.4 is 5.32 Å². The molecular weight excluding hydrogens is 316 g/mol. The van der Waals surface area contributed by atoms with Gasteiger partial charge in [0, 0.05) is 16.8 Å². The molecule has 24 heavy (non-hydrogen) atoms. The Morgan fingerprint density at radius 1 is 1.12 bits per heavy atom. The van der Waals surface area contributed by atoms with Gasteiger partial charge >= 0.3 is 0 Å². The first-order valence-corrected chi connectivity index (χ1v) is 8.92. The maximum Gasteiger partial charge on any atom is 0.251 e. The summed E-state index contributed by atoms with van der Waals surface area (Å²) in [6, 6.07) is 16.3. The van der Waals surface area contributed by atoms with Crippen LogP contribution in [0.2, 0.25) is 0 Å². The Bertz CT molecular complexity index is 853. The fraction of sp³-hybridized carbons (Fsp3) is 0.250. The van der Waals surface area contributed by atoms with Crippen LogP contribution in [0.1, 0.15) is 27.5 Å². The van der Waals surface area contributed by atoms with Gasteiger partial charge in [-0.3, -0.25) is 4.79 Å². The lowest BCUT2D eigenvalue weighted by Crippen LogP contribution is -2.34. The molecule has 0 spiro atoms. The Morgan fingerprint density at radius 2 is 1.83 bits per heavy atom. The first-order chi connectivity index (χ1) is 11.6. The monoisotopic (exact) mass is 338 g/mol. The van der Waals surface area contributed by atoms with Gasteiger partial charge < -0.3 is 10.2 Å². The molecule has 2 aromatic carbocycles. The molecule has 0 saturated heterocycles. The average Bonchev–Trinajstić information content (AvgIpc) is 2.99. The Hall–Kier alpha value is -2.17. The number of benzene rings is 2. The number of fused-ring (bicyclic) bond motifs is 1. The van der Waals surface area contributed by atoms with E-state index >= 15 is 0 Å². The third-order valence-electron chi connectivity index (χ3n) is 4.34. The van der Waals surface area contributed by atoms with Crippen LogP contribution >= 0.6 is 11.3 Å². The van der Waals surface area contributed by atoms with Crippen molar-refractivity contribution in [1.29, 1.82) is 0 Å². The second-order valence-corrected chi connectivity index (χ2v) is 7.10. The van der Waals surface area contributed by atoms with E-state index in [1.54, 1.807) is 11.3 Å². The molecule has 124 valence electrons. The molecule has 3 rings (SSSR count). The standard InChI is InChI=1S/C20H22N2OS/c1-14-8-4-5-9-15(14)20(23)21-12-18(22(2)3)17-13-24-19-11-7-6-10-16(17)19/h4-11,13,18H,12H2,1-3H3,(H,21,23)/t18-/m1/s1. The van der Waals surface area contributed by atoms with Gasteiger partial charge in [-0.2, -0.15) is 0 Å². The number of nitrogens with zero attached hydrogens (tertiary/aromatic N) is 1. The zero-order chi connectivity index (χ0) is 17.1. The van der Waals surface area contributed by atoms with Crippen LogP contribution in [0.15, 0.2) is 53.9 Å². The van der Waals surface area contributed by atoms with E-state index < -0.39 is 0 Å². The fourth-order valence-corrected chi connectivity index (χ4v) is 3.95. The molecule has 0 saturated carbocycles. The van der Waals surface area contributed by atoms with E-state index in [1.807, 2.05) is 31.2 Å². The lowest BCUT2D eigenvalue weighted by atomic mass is 10.0. The van der Waals surface area contributed by atoms with Crippen LogP contribution in [0, 0.1) is 6.92 Å². The van der Waals surface area contributed by atoms with Crippen LogP contribution in [-0.2, 0) is 0 Å². The zero-order valence-electron chi connectivity index (χ0n) is 14.2. The van der Waals surface area contributed by atoms with E-state index in [-0.39, 0.29) is 11.9 Å². The number of rotatable bonds is 5. The van der Waals surface area contributed by atoms with Gasteiger partial charge in [0.15, 0.2) is 0 Å². The highest BCUT2D eigenvalue weighted by Crippen LogP contribution is 2.32. The molecule has 4 heteroatoms. The van der Waals surface area contributed by atoms with E-state index in [9.17, 15) is 4.79 Å². The van der Waals surface area contributed by atoms with Gasteiger partial charge in [0.2, 0.25) is 0 Å². The van der Waals surface area contributed by atoms with Crippen molar-refractivity contribution in [2.24, 2.45) is 0 Å². The first-order valence-electron chi connectivity index (χ1n) is 8.04. The maximum absolute atomic E-state index is 12.5. The van der Waals surface area contributed by atoms with E-state index in [4.69, 9.17) is 0 Å². The fourth-order valence-electron chi connectivity index (χ4n) is 2.94. The van der Waals surface area contributed by atoms with E-state index in [0.717, 1.165) is 11.1 Å². The Morgan fingerprint density at radius 3 is 2.58 bits per heavy atom. The van der Waals surface area contributed by atoms with Crippen molar-refractivity contribution >= 4 is 27.3 Å². The topological polar surface area (TPSA) is 32.3 Å². The summed E-state index contributed by atoms with van der Waals surface area (Å²) in [5.74, 6) is -0.0144. The van der Waals surface area contributed by atoms with Gasteiger partial charge in [0.1, 0.15) is 0 Å². The minimum Gasteiger partial charge on any atom is -0.350 e. The lowest BCUT2D eigenvalue weighted by Gasteiger charge is -2.24. The molecule has 1 atom stereocenters. The second kappa shape index (κ2) is 7.16. The molecule has 1 N–H and O–H groups in total. The van der Waals surface area contributed by atoms with Crippen LogP contribution in [0.4, 0.5) is 0 Å². The maximum atomic E-state index is 12.5. The molecule has 1 heterocycles. The highest BCUT2D eigenvalue weighted by molar-refractivity contribution is 7.17. The number of carbonyl (C=O) groups is 1. The summed E-state index contributed by atoms with van der Waals surface area (Å²) < 4.78 is 1.28. The van der Waals surface area contributed by atoms with E-state index in [0.29, 0.717) is 6.54 Å². The summed E-state index contributed by atoms with van der Waals surface area (Å²) in [5.41, 5.74) is 3.01. The molecule has 0 unspecified atom stereocenters. The zero-order valence-corrected chi connectivity index (χ0v) is 15.1. The van der Waals surface area contributed by atoms with Crippen molar-refractivity contribution in [2.45, 2.75) is 13.0 Å². The number of hydrogen-bond acceptors (Lipinski definition) is 3. The molecule has 3 aromatic rings. The number of aryl methyl sites for hydroxylation is 1. The summed E-state index contributed by atoms with van der Waals surface area (Å²) in [4.78, 5) is 14.7. The van der Waals surface area contributed by atoms with Crippen molar-refractivity contribution in [3.8, 4) is 0 Å². The van der Waals surface area contributed by atoms with Crippen LogP contribution in [-0.4, -0.2) is 31.4 Å². The minimum absolute atomic E-state index is 0.0144. The number of amides is 1. The minimum atomic E-state index is -0.0144. The predicted molar refractivity (Wildman–Crippen MR) is 102 cm³/mol. The number of likely N-dealkylation sites (N-methyl/N-ethyl adjacent to an activating group) is 1. The van der Waals surface area contributed by atoms with Crippen molar-refractivity contribution in [2.75, 3.05) is 20.6 Å². The molecule has 0 radical (unpaired) electrons. The summed E-state index contributed by atoms with van der Waals surface area (Å²) >= 11 is 1.75. The van der Waals surface area contributed by atoms with Crippen molar-refractivity contribution < 1.29 is 4.79 Å². The molecule has 1 amide bonds. The Kier molecular flexibility index (Phi) is 4.97. The summed E-state index contributed by atoms with van der Waals surface area (Å²) in [7, 11) is 4.11. The van der Waals surface area contributed by atoms with Crippen molar-refractivity contribution in [3.63, 3.8) is 0 Å². The number of hydrogen-bond donors (Lipinski definition) is 1. The SMILES string of the molecule is Cc1ccccc1C(=O)NC[C@H](c1csc2ccccc12)N(C)C. The molecule has 1 aromatic heterocycles. The number of carbonyl (C=O) groups excluding carboxylic acids is 1. The Labute approximate surface area is 146 Å². The number of thiophene rings is 1. The van der Waals surface area contributed by atoms with Gasteiger partial charge in [-0.1, -0.05) is 36.4 Å². The third kappa shape index (κ3) is 3.35. The predicted octanol–water partition coefficient (Wildman–Crippen LogP) is 4.24. The van der Waals surface area contributed by atoms with Gasteiger partial charge in [-0.15, -0.1) is 11.3 Å². The van der Waals surface area contributed by atoms with Crippen LogP contribution in [0.5, 0.6) is 0 Å². The lowest BCUT2D eigenvalue weighted by molar-refractivity contribution is 0.0941. The van der Waals surface area contributed by atoms with Crippen LogP contribution in [0.25, 0.3) is 10.1 Å². The van der Waals surface area contributed by atoms with E-state index in [2.05, 4.69) is 54.0 Å². The highest BCUT2D eigenvalue weighted by atomic mass is 32.1. The summed E-state index contributed by atoms with van der Waals surface area (Å²) in [5, 5.41) is 6.57. The Balaban J connectivity index is 1.80. The number of nitrogens with one attached hydrogen (secondary N) is 1.